The molecule has 1 saturated heterocycles. The normalized spacial score (nSPS) is 20.2. The summed E-state index contributed by atoms with van der Waals surface area (Å²) >= 11 is 0. The third-order valence-corrected chi connectivity index (χ3v) is 3.37. The zero-order chi connectivity index (χ0) is 12.8. The number of methoxy groups -OCH3 is 1. The first kappa shape index (κ1) is 13.3. The summed E-state index contributed by atoms with van der Waals surface area (Å²) in [6.07, 6.45) is 1.23. The predicted molar refractivity (Wildman–Crippen MR) is 71.3 cm³/mol. The number of halogens is 1. The molecule has 1 N–H and O–H groups in total. The van der Waals surface area contributed by atoms with Crippen molar-refractivity contribution in [3.63, 3.8) is 0 Å². The van der Waals surface area contributed by atoms with Crippen molar-refractivity contribution in [2.24, 2.45) is 5.92 Å². The highest BCUT2D eigenvalue weighted by atomic mass is 19.1. The average Bonchev–Trinajstić information content (AvgIpc) is 2.80. The van der Waals surface area contributed by atoms with E-state index < -0.39 is 0 Å². The van der Waals surface area contributed by atoms with Crippen LogP contribution in [0, 0.1) is 11.7 Å². The van der Waals surface area contributed by atoms with Gasteiger partial charge in [0.25, 0.3) is 0 Å². The Labute approximate surface area is 108 Å². The SMILES string of the molecule is COCC1CCN(CCNc2ccc(F)cc2)C1. The van der Waals surface area contributed by atoms with E-state index in [1.165, 1.54) is 18.6 Å². The second-order valence-corrected chi connectivity index (χ2v) is 4.84. The van der Waals surface area contributed by atoms with Crippen LogP contribution in [0.5, 0.6) is 0 Å². The quantitative estimate of drug-likeness (QED) is 0.840. The van der Waals surface area contributed by atoms with Crippen molar-refractivity contribution in [2.75, 3.05) is 45.2 Å². The molecule has 4 heteroatoms. The lowest BCUT2D eigenvalue weighted by Gasteiger charge is -2.16. The maximum Gasteiger partial charge on any atom is 0.123 e. The minimum atomic E-state index is -0.192. The number of likely N-dealkylation sites (tertiary alicyclic amines) is 1. The van der Waals surface area contributed by atoms with Gasteiger partial charge in [0.05, 0.1) is 6.61 Å². The van der Waals surface area contributed by atoms with Gasteiger partial charge in [0, 0.05) is 32.4 Å². The number of hydrogen-bond donors (Lipinski definition) is 1. The van der Waals surface area contributed by atoms with Crippen LogP contribution in [0.3, 0.4) is 0 Å². The molecule has 3 nitrogen and oxygen atoms in total. The first-order chi connectivity index (χ1) is 8.78. The second kappa shape index (κ2) is 6.71. The van der Waals surface area contributed by atoms with E-state index in [2.05, 4.69) is 10.2 Å². The van der Waals surface area contributed by atoms with Crippen molar-refractivity contribution in [1.29, 1.82) is 0 Å². The third kappa shape index (κ3) is 3.96. The monoisotopic (exact) mass is 252 g/mol. The molecular formula is C14H21FN2O. The van der Waals surface area contributed by atoms with E-state index in [1.54, 1.807) is 19.2 Å². The molecule has 1 aromatic carbocycles. The summed E-state index contributed by atoms with van der Waals surface area (Å²) in [6, 6.07) is 6.50. The van der Waals surface area contributed by atoms with Gasteiger partial charge in [0.2, 0.25) is 0 Å². The van der Waals surface area contributed by atoms with Crippen LogP contribution < -0.4 is 5.32 Å². The first-order valence-electron chi connectivity index (χ1n) is 6.48. The summed E-state index contributed by atoms with van der Waals surface area (Å²) in [5, 5.41) is 3.31. The third-order valence-electron chi connectivity index (χ3n) is 3.37. The number of benzene rings is 1. The van der Waals surface area contributed by atoms with Crippen LogP contribution in [-0.4, -0.2) is 44.8 Å². The molecule has 100 valence electrons. The molecule has 1 aliphatic rings. The zero-order valence-corrected chi connectivity index (χ0v) is 10.9. The first-order valence-corrected chi connectivity index (χ1v) is 6.48. The Morgan fingerprint density at radius 3 is 2.89 bits per heavy atom. The fraction of sp³-hybridized carbons (Fsp3) is 0.571. The molecular weight excluding hydrogens is 231 g/mol. The average molecular weight is 252 g/mol. The number of hydrogen-bond acceptors (Lipinski definition) is 3. The van der Waals surface area contributed by atoms with Gasteiger partial charge in [-0.05, 0) is 43.1 Å². The van der Waals surface area contributed by atoms with Crippen molar-refractivity contribution in [3.8, 4) is 0 Å². The van der Waals surface area contributed by atoms with Crippen LogP contribution in [0.2, 0.25) is 0 Å². The molecule has 0 radical (unpaired) electrons. The van der Waals surface area contributed by atoms with E-state index in [1.807, 2.05) is 0 Å². The largest absolute Gasteiger partial charge is 0.384 e. The van der Waals surface area contributed by atoms with E-state index in [9.17, 15) is 4.39 Å². The van der Waals surface area contributed by atoms with Gasteiger partial charge in [-0.1, -0.05) is 0 Å². The fourth-order valence-corrected chi connectivity index (χ4v) is 2.41. The number of ether oxygens (including phenoxy) is 1. The lowest BCUT2D eigenvalue weighted by atomic mass is 10.1. The summed E-state index contributed by atoms with van der Waals surface area (Å²) in [5.74, 6) is 0.489. The maximum absolute atomic E-state index is 12.7. The Hall–Kier alpha value is -1.13. The molecule has 0 aromatic heterocycles. The molecule has 1 aliphatic heterocycles. The van der Waals surface area contributed by atoms with E-state index in [-0.39, 0.29) is 5.82 Å². The van der Waals surface area contributed by atoms with Crippen LogP contribution in [0.1, 0.15) is 6.42 Å². The molecule has 0 amide bonds. The summed E-state index contributed by atoms with van der Waals surface area (Å²) in [7, 11) is 1.76. The fourth-order valence-electron chi connectivity index (χ4n) is 2.41. The molecule has 0 saturated carbocycles. The lowest BCUT2D eigenvalue weighted by Crippen LogP contribution is -2.27. The van der Waals surface area contributed by atoms with Gasteiger partial charge in [-0.3, -0.25) is 0 Å². The van der Waals surface area contributed by atoms with E-state index in [0.717, 1.165) is 38.5 Å². The minimum absolute atomic E-state index is 0.192. The van der Waals surface area contributed by atoms with E-state index in [4.69, 9.17) is 4.74 Å². The summed E-state index contributed by atoms with van der Waals surface area (Å²) in [5.41, 5.74) is 0.976. The molecule has 0 bridgehead atoms. The van der Waals surface area contributed by atoms with Gasteiger partial charge >= 0.3 is 0 Å². The van der Waals surface area contributed by atoms with Crippen molar-refractivity contribution < 1.29 is 9.13 Å². The van der Waals surface area contributed by atoms with Crippen LogP contribution in [0.15, 0.2) is 24.3 Å². The maximum atomic E-state index is 12.7. The number of anilines is 1. The molecule has 0 spiro atoms. The molecule has 1 aromatic rings. The Balaban J connectivity index is 1.65. The summed E-state index contributed by atoms with van der Waals surface area (Å²) in [4.78, 5) is 2.44. The molecule has 1 atom stereocenters. The second-order valence-electron chi connectivity index (χ2n) is 4.84. The van der Waals surface area contributed by atoms with Crippen LogP contribution in [-0.2, 0) is 4.74 Å². The zero-order valence-electron chi connectivity index (χ0n) is 10.9. The van der Waals surface area contributed by atoms with Gasteiger partial charge in [-0.2, -0.15) is 0 Å². The number of rotatable bonds is 6. The van der Waals surface area contributed by atoms with Crippen molar-refractivity contribution in [3.05, 3.63) is 30.1 Å². The Kier molecular flexibility index (Phi) is 4.96. The molecule has 1 unspecified atom stereocenters. The van der Waals surface area contributed by atoms with Crippen molar-refractivity contribution >= 4 is 5.69 Å². The van der Waals surface area contributed by atoms with Crippen LogP contribution in [0.25, 0.3) is 0 Å². The summed E-state index contributed by atoms with van der Waals surface area (Å²) in [6.45, 7) is 5.06. The Morgan fingerprint density at radius 1 is 1.39 bits per heavy atom. The molecule has 1 heterocycles. The number of nitrogens with zero attached hydrogens (tertiary/aromatic N) is 1. The van der Waals surface area contributed by atoms with E-state index >= 15 is 0 Å². The number of nitrogens with one attached hydrogen (secondary N) is 1. The lowest BCUT2D eigenvalue weighted by molar-refractivity contribution is 0.153. The molecule has 2 rings (SSSR count). The van der Waals surface area contributed by atoms with Crippen LogP contribution >= 0.6 is 0 Å². The van der Waals surface area contributed by atoms with Gasteiger partial charge in [-0.15, -0.1) is 0 Å². The molecule has 0 aliphatic carbocycles. The highest BCUT2D eigenvalue weighted by molar-refractivity contribution is 5.42. The van der Waals surface area contributed by atoms with Gasteiger partial charge in [-0.25, -0.2) is 4.39 Å². The van der Waals surface area contributed by atoms with E-state index in [0.29, 0.717) is 5.92 Å². The summed E-state index contributed by atoms with van der Waals surface area (Å²) < 4.78 is 17.9. The molecule has 18 heavy (non-hydrogen) atoms. The van der Waals surface area contributed by atoms with Crippen molar-refractivity contribution in [2.45, 2.75) is 6.42 Å². The highest BCUT2D eigenvalue weighted by Crippen LogP contribution is 2.16. The Morgan fingerprint density at radius 2 is 2.17 bits per heavy atom. The van der Waals surface area contributed by atoms with Gasteiger partial charge in [0.1, 0.15) is 5.82 Å². The highest BCUT2D eigenvalue weighted by Gasteiger charge is 2.21. The van der Waals surface area contributed by atoms with Gasteiger partial charge in [0.15, 0.2) is 0 Å². The van der Waals surface area contributed by atoms with Gasteiger partial charge < -0.3 is 15.0 Å². The molecule has 1 fully saturated rings. The standard InChI is InChI=1S/C14H21FN2O/c1-18-11-12-6-8-17(10-12)9-7-16-14-4-2-13(15)3-5-14/h2-5,12,16H,6-11H2,1H3. The van der Waals surface area contributed by atoms with Crippen molar-refractivity contribution in [1.82, 2.24) is 4.90 Å². The topological polar surface area (TPSA) is 24.5 Å². The Bertz CT molecular complexity index is 355. The minimum Gasteiger partial charge on any atom is -0.384 e. The smallest absolute Gasteiger partial charge is 0.123 e. The van der Waals surface area contributed by atoms with Crippen LogP contribution in [0.4, 0.5) is 10.1 Å². The predicted octanol–water partition coefficient (Wildman–Crippen LogP) is 2.21.